The Morgan fingerprint density at radius 2 is 1.17 bits per heavy atom. The Bertz CT molecular complexity index is 576. The molecule has 24 heavy (non-hydrogen) atoms. The van der Waals surface area contributed by atoms with Gasteiger partial charge in [0, 0.05) is 23.3 Å². The average Bonchev–Trinajstić information content (AvgIpc) is 3.19. The van der Waals surface area contributed by atoms with Gasteiger partial charge in [-0.05, 0) is 0 Å². The third kappa shape index (κ3) is 5.20. The molecule has 2 atom stereocenters. The molecule has 0 aliphatic rings. The Morgan fingerprint density at radius 3 is 1.46 bits per heavy atom. The van der Waals surface area contributed by atoms with Crippen LogP contribution in [0.15, 0.2) is 9.05 Å². The van der Waals surface area contributed by atoms with Crippen LogP contribution in [0.5, 0.6) is 0 Å². The maximum atomic E-state index is 6.08. The van der Waals surface area contributed by atoms with Gasteiger partial charge in [-0.25, -0.2) is 0 Å². The molecule has 2 heterocycles. The van der Waals surface area contributed by atoms with Gasteiger partial charge < -0.3 is 20.5 Å². The molecule has 2 aromatic heterocycles. The van der Waals surface area contributed by atoms with E-state index < -0.39 is 0 Å². The number of nitrogens with zero attached hydrogens (tertiary/aromatic N) is 4. The van der Waals surface area contributed by atoms with Gasteiger partial charge in [0.2, 0.25) is 11.8 Å². The highest BCUT2D eigenvalue weighted by molar-refractivity contribution is 8.76. The van der Waals surface area contributed by atoms with Crippen molar-refractivity contribution in [3.63, 3.8) is 0 Å². The lowest BCUT2D eigenvalue weighted by atomic mass is 10.2. The zero-order valence-electron chi connectivity index (χ0n) is 14.3. The zero-order valence-corrected chi connectivity index (χ0v) is 15.9. The van der Waals surface area contributed by atoms with Crippen molar-refractivity contribution in [2.45, 2.75) is 51.6 Å². The van der Waals surface area contributed by atoms with Gasteiger partial charge in [0.15, 0.2) is 11.6 Å². The average molecular weight is 373 g/mol. The third-order valence-corrected chi connectivity index (χ3v) is 5.62. The van der Waals surface area contributed by atoms with Gasteiger partial charge in [-0.2, -0.15) is 9.97 Å². The first kappa shape index (κ1) is 19.2. The van der Waals surface area contributed by atoms with E-state index in [1.54, 1.807) is 21.6 Å². The summed E-state index contributed by atoms with van der Waals surface area (Å²) >= 11 is 0. The molecule has 0 unspecified atom stereocenters. The molecule has 0 saturated heterocycles. The van der Waals surface area contributed by atoms with E-state index in [1.807, 2.05) is 27.7 Å². The van der Waals surface area contributed by atoms with Crippen molar-refractivity contribution < 1.29 is 9.05 Å². The molecule has 134 valence electrons. The molecule has 0 spiro atoms. The molecule has 0 fully saturated rings. The van der Waals surface area contributed by atoms with E-state index in [0.717, 1.165) is 0 Å². The third-order valence-electron chi connectivity index (χ3n) is 3.14. The zero-order chi connectivity index (χ0) is 17.7. The minimum Gasteiger partial charge on any atom is -0.339 e. The largest absolute Gasteiger partial charge is 0.339 e. The van der Waals surface area contributed by atoms with Gasteiger partial charge in [-0.1, -0.05) is 59.6 Å². The number of hydrogen-bond acceptors (Lipinski definition) is 10. The van der Waals surface area contributed by atoms with Gasteiger partial charge >= 0.3 is 0 Å². The van der Waals surface area contributed by atoms with Crippen molar-refractivity contribution in [1.82, 2.24) is 20.3 Å². The maximum absolute atomic E-state index is 6.08. The second-order valence-electron chi connectivity index (χ2n) is 6.07. The Kier molecular flexibility index (Phi) is 7.08. The van der Waals surface area contributed by atoms with Crippen molar-refractivity contribution >= 4 is 21.6 Å². The second-order valence-corrected chi connectivity index (χ2v) is 8.63. The highest BCUT2D eigenvalue weighted by Gasteiger charge is 2.18. The lowest BCUT2D eigenvalue weighted by Gasteiger charge is -2.08. The van der Waals surface area contributed by atoms with Crippen LogP contribution in [-0.4, -0.2) is 31.8 Å². The lowest BCUT2D eigenvalue weighted by molar-refractivity contribution is 0.359. The first-order valence-corrected chi connectivity index (χ1v) is 10.3. The van der Waals surface area contributed by atoms with Gasteiger partial charge in [0.05, 0.1) is 12.1 Å². The number of rotatable bonds is 9. The molecule has 0 radical (unpaired) electrons. The number of hydrogen-bond donors (Lipinski definition) is 2. The van der Waals surface area contributed by atoms with E-state index >= 15 is 0 Å². The second kappa shape index (κ2) is 8.84. The van der Waals surface area contributed by atoms with Gasteiger partial charge in [-0.15, -0.1) is 0 Å². The molecule has 2 rings (SSSR count). The maximum Gasteiger partial charge on any atom is 0.229 e. The van der Waals surface area contributed by atoms with E-state index in [4.69, 9.17) is 20.5 Å². The van der Waals surface area contributed by atoms with Crippen LogP contribution in [0.2, 0.25) is 0 Å². The van der Waals surface area contributed by atoms with Crippen molar-refractivity contribution in [2.24, 2.45) is 11.5 Å². The fraction of sp³-hybridized carbons (Fsp3) is 0.714. The quantitative estimate of drug-likeness (QED) is 0.500. The molecule has 0 aliphatic heterocycles. The standard InChI is InChI=1S/C14H24N6O2S2/c1-7(2)13-17-11(19-21-13)9(15)5-23-24-6-10(16)12-18-14(8(3)4)22-20-12/h7-10H,5-6,15-16H2,1-4H3/t9-,10-/m0/s1. The monoisotopic (exact) mass is 372 g/mol. The summed E-state index contributed by atoms with van der Waals surface area (Å²) in [4.78, 5) is 8.62. The first-order valence-electron chi connectivity index (χ1n) is 7.81. The molecule has 10 heteroatoms. The summed E-state index contributed by atoms with van der Waals surface area (Å²) in [5, 5.41) is 7.85. The summed E-state index contributed by atoms with van der Waals surface area (Å²) in [6.07, 6.45) is 0. The summed E-state index contributed by atoms with van der Waals surface area (Å²) in [5.41, 5.74) is 12.2. The van der Waals surface area contributed by atoms with Crippen LogP contribution in [0.3, 0.4) is 0 Å². The van der Waals surface area contributed by atoms with Crippen LogP contribution < -0.4 is 11.5 Å². The van der Waals surface area contributed by atoms with E-state index in [9.17, 15) is 0 Å². The van der Waals surface area contributed by atoms with Crippen LogP contribution in [0.25, 0.3) is 0 Å². The summed E-state index contributed by atoms with van der Waals surface area (Å²) < 4.78 is 10.3. The smallest absolute Gasteiger partial charge is 0.229 e. The molecule has 2 aromatic rings. The first-order chi connectivity index (χ1) is 11.4. The topological polar surface area (TPSA) is 130 Å². The minimum absolute atomic E-state index is 0.198. The van der Waals surface area contributed by atoms with Crippen LogP contribution in [0.1, 0.15) is 75.0 Å². The van der Waals surface area contributed by atoms with E-state index in [2.05, 4.69) is 20.3 Å². The molecular weight excluding hydrogens is 348 g/mol. The molecular formula is C14H24N6O2S2. The normalized spacial score (nSPS) is 14.5. The molecule has 0 aromatic carbocycles. The van der Waals surface area contributed by atoms with Crippen molar-refractivity contribution in [1.29, 1.82) is 0 Å². The Labute approximate surface area is 149 Å². The Morgan fingerprint density at radius 1 is 0.792 bits per heavy atom. The highest BCUT2D eigenvalue weighted by Crippen LogP contribution is 2.29. The van der Waals surface area contributed by atoms with E-state index in [0.29, 0.717) is 34.9 Å². The van der Waals surface area contributed by atoms with Crippen LogP contribution in [0, 0.1) is 0 Å². The fourth-order valence-corrected chi connectivity index (χ4v) is 3.90. The highest BCUT2D eigenvalue weighted by atomic mass is 33.1. The number of nitrogens with two attached hydrogens (primary N) is 2. The van der Waals surface area contributed by atoms with E-state index in [1.165, 1.54) is 0 Å². The Hall–Kier alpha value is -1.10. The van der Waals surface area contributed by atoms with Gasteiger partial charge in [0.1, 0.15) is 0 Å². The summed E-state index contributed by atoms with van der Waals surface area (Å²) in [5.74, 6) is 4.02. The molecule has 0 aliphatic carbocycles. The van der Waals surface area contributed by atoms with Crippen LogP contribution in [0.4, 0.5) is 0 Å². The Balaban J connectivity index is 1.73. The van der Waals surface area contributed by atoms with Crippen LogP contribution in [-0.2, 0) is 0 Å². The molecule has 0 amide bonds. The molecule has 0 bridgehead atoms. The summed E-state index contributed by atoms with van der Waals surface area (Å²) in [6, 6.07) is -0.541. The molecule has 8 nitrogen and oxygen atoms in total. The van der Waals surface area contributed by atoms with Gasteiger partial charge in [-0.3, -0.25) is 0 Å². The number of aromatic nitrogens is 4. The van der Waals surface area contributed by atoms with Crippen molar-refractivity contribution in [3.8, 4) is 0 Å². The SMILES string of the molecule is CC(C)c1nc([C@@H](N)CSSC[C@H](N)c2noc(C(C)C)n2)no1. The summed E-state index contributed by atoms with van der Waals surface area (Å²) in [6.45, 7) is 7.99. The van der Waals surface area contributed by atoms with Gasteiger partial charge in [0.25, 0.3) is 0 Å². The molecule has 4 N–H and O–H groups in total. The predicted octanol–water partition coefficient (Wildman–Crippen LogP) is 2.78. The molecule has 0 saturated carbocycles. The predicted molar refractivity (Wildman–Crippen MR) is 95.5 cm³/mol. The van der Waals surface area contributed by atoms with Crippen LogP contribution >= 0.6 is 21.6 Å². The summed E-state index contributed by atoms with van der Waals surface area (Å²) in [7, 11) is 3.23. The van der Waals surface area contributed by atoms with E-state index in [-0.39, 0.29) is 23.9 Å². The lowest BCUT2D eigenvalue weighted by Crippen LogP contribution is -2.16. The minimum atomic E-state index is -0.271. The van der Waals surface area contributed by atoms with Crippen molar-refractivity contribution in [2.75, 3.05) is 11.5 Å². The van der Waals surface area contributed by atoms with Crippen molar-refractivity contribution in [3.05, 3.63) is 23.4 Å². The fourth-order valence-electron chi connectivity index (χ4n) is 1.66.